The Kier molecular flexibility index (Phi) is 25.5. The molecule has 1 atom stereocenters. The van der Waals surface area contributed by atoms with Gasteiger partial charge >= 0.3 is 59.6 Å². The van der Waals surface area contributed by atoms with Crippen LogP contribution < -0.4 is 56.3 Å². The smallest absolute Gasteiger partial charge is 0.566 e. The van der Waals surface area contributed by atoms with E-state index < -0.39 is 8.25 Å². The summed E-state index contributed by atoms with van der Waals surface area (Å²) in [4.78, 5) is 19.9. The summed E-state index contributed by atoms with van der Waals surface area (Å²) in [5, 5.41) is 0. The van der Waals surface area contributed by atoms with Crippen LogP contribution in [0.4, 0.5) is 0 Å². The molecule has 0 bridgehead atoms. The second-order valence-electron chi connectivity index (χ2n) is 4.82. The van der Waals surface area contributed by atoms with Crippen molar-refractivity contribution in [3.8, 4) is 0 Å². The molecule has 0 aliphatic carbocycles. The van der Waals surface area contributed by atoms with E-state index in [4.69, 9.17) is 9.78 Å². The zero-order valence-corrected chi connectivity index (χ0v) is 17.7. The zero-order chi connectivity index (χ0) is 14.9. The van der Waals surface area contributed by atoms with Gasteiger partial charge in [-0.1, -0.05) is 51.4 Å². The molecule has 0 rings (SSSR count). The molecule has 0 N–H and O–H groups in total. The second-order valence-corrected chi connectivity index (χ2v) is 5.53. The molecule has 0 aromatic heterocycles. The molecular weight excluding hydrogens is 318 g/mol. The van der Waals surface area contributed by atoms with Crippen molar-refractivity contribution in [3.05, 3.63) is 0 Å². The van der Waals surface area contributed by atoms with Gasteiger partial charge < -0.3 is 4.89 Å². The van der Waals surface area contributed by atoms with Crippen molar-refractivity contribution in [2.75, 3.05) is 19.8 Å². The molecule has 0 radical (unpaired) electrons. The summed E-state index contributed by atoms with van der Waals surface area (Å²) in [6.07, 6.45) is 11.7. The SMILES string of the molecule is CCOOCCCCCCCCCCCCO[P+](=O)[O-].[K+]. The van der Waals surface area contributed by atoms with Gasteiger partial charge in [0, 0.05) is 0 Å². The van der Waals surface area contributed by atoms with Gasteiger partial charge in [0.2, 0.25) is 0 Å². The fourth-order valence-corrected chi connectivity index (χ4v) is 2.24. The van der Waals surface area contributed by atoms with Crippen LogP contribution in [-0.4, -0.2) is 19.8 Å². The summed E-state index contributed by atoms with van der Waals surface area (Å²) in [5.41, 5.74) is 0. The Morgan fingerprint density at radius 3 is 1.62 bits per heavy atom. The molecule has 0 saturated heterocycles. The van der Waals surface area contributed by atoms with Gasteiger partial charge in [-0.3, -0.25) is 0 Å². The van der Waals surface area contributed by atoms with Crippen LogP contribution in [0.5, 0.6) is 0 Å². The quantitative estimate of drug-likeness (QED) is 0.136. The number of rotatable bonds is 16. The van der Waals surface area contributed by atoms with Crippen LogP contribution in [0, 0.1) is 0 Å². The molecule has 0 aromatic carbocycles. The summed E-state index contributed by atoms with van der Waals surface area (Å²) in [7, 11) is -2.66. The van der Waals surface area contributed by atoms with E-state index >= 15 is 0 Å². The number of hydrogen-bond donors (Lipinski definition) is 0. The van der Waals surface area contributed by atoms with Crippen LogP contribution in [0.25, 0.3) is 0 Å². The summed E-state index contributed by atoms with van der Waals surface area (Å²) < 4.78 is 14.6. The van der Waals surface area contributed by atoms with Crippen LogP contribution in [0.15, 0.2) is 0 Å². The van der Waals surface area contributed by atoms with E-state index in [2.05, 4.69) is 4.52 Å². The summed E-state index contributed by atoms with van der Waals surface area (Å²) in [6.45, 7) is 3.56. The standard InChI is InChI=1S/C14H29O5P.K/c1-2-17-18-13-11-9-7-5-3-4-6-8-10-12-14-19-20(15)16;/h2-14H2,1H3;/q;+1. The zero-order valence-electron chi connectivity index (χ0n) is 13.7. The third-order valence-corrected chi connectivity index (χ3v) is 3.41. The van der Waals surface area contributed by atoms with Crippen molar-refractivity contribution >= 4 is 8.25 Å². The van der Waals surface area contributed by atoms with Crippen molar-refractivity contribution in [2.24, 2.45) is 0 Å². The van der Waals surface area contributed by atoms with E-state index in [1.54, 1.807) is 0 Å². The molecular formula is C14H29KO5P+. The fourth-order valence-electron chi connectivity index (χ4n) is 1.96. The van der Waals surface area contributed by atoms with E-state index in [-0.39, 0.29) is 51.4 Å². The minimum Gasteiger partial charge on any atom is -0.566 e. The fraction of sp³-hybridized carbons (Fsp3) is 1.00. The average molecular weight is 347 g/mol. The molecule has 21 heavy (non-hydrogen) atoms. The summed E-state index contributed by atoms with van der Waals surface area (Å²) in [5.74, 6) is 0. The minimum atomic E-state index is -2.66. The van der Waals surface area contributed by atoms with E-state index in [9.17, 15) is 9.46 Å². The molecule has 0 saturated carbocycles. The Balaban J connectivity index is 0. The van der Waals surface area contributed by atoms with E-state index in [1.165, 1.54) is 44.9 Å². The van der Waals surface area contributed by atoms with Gasteiger partial charge in [-0.05, 0) is 24.3 Å². The Morgan fingerprint density at radius 1 is 0.762 bits per heavy atom. The monoisotopic (exact) mass is 347 g/mol. The molecule has 0 spiro atoms. The second kappa shape index (κ2) is 21.6. The predicted molar refractivity (Wildman–Crippen MR) is 77.3 cm³/mol. The van der Waals surface area contributed by atoms with Gasteiger partial charge in [-0.25, -0.2) is 9.78 Å². The van der Waals surface area contributed by atoms with Gasteiger partial charge in [-0.2, -0.15) is 0 Å². The Hall–Kier alpha value is 1.58. The maximum atomic E-state index is 10.1. The van der Waals surface area contributed by atoms with E-state index in [0.717, 1.165) is 19.3 Å². The normalized spacial score (nSPS) is 11.2. The van der Waals surface area contributed by atoms with E-state index in [1.807, 2.05) is 6.92 Å². The Morgan fingerprint density at radius 2 is 1.19 bits per heavy atom. The van der Waals surface area contributed by atoms with E-state index in [0.29, 0.717) is 19.8 Å². The van der Waals surface area contributed by atoms with Gasteiger partial charge in [0.15, 0.2) is 0 Å². The molecule has 120 valence electrons. The molecule has 7 heteroatoms. The molecule has 0 aromatic rings. The minimum absolute atomic E-state index is 0. The maximum absolute atomic E-state index is 10.1. The van der Waals surface area contributed by atoms with Crippen LogP contribution in [0.2, 0.25) is 0 Å². The molecule has 0 heterocycles. The Labute approximate surface area is 172 Å². The van der Waals surface area contributed by atoms with Crippen LogP contribution in [0.1, 0.15) is 71.1 Å². The number of hydrogen-bond acceptors (Lipinski definition) is 5. The maximum Gasteiger partial charge on any atom is 1.00 e. The predicted octanol–water partition coefficient (Wildman–Crippen LogP) is 0.894. The molecule has 1 unspecified atom stereocenters. The first-order valence-electron chi connectivity index (χ1n) is 7.79. The van der Waals surface area contributed by atoms with Crippen LogP contribution >= 0.6 is 8.25 Å². The largest absolute Gasteiger partial charge is 1.00 e. The third-order valence-electron chi connectivity index (χ3n) is 3.02. The first-order valence-corrected chi connectivity index (χ1v) is 8.88. The Bertz CT molecular complexity index is 220. The van der Waals surface area contributed by atoms with Gasteiger partial charge in [-0.15, -0.1) is 4.52 Å². The van der Waals surface area contributed by atoms with Crippen molar-refractivity contribution in [1.82, 2.24) is 0 Å². The third kappa shape index (κ3) is 24.0. The van der Waals surface area contributed by atoms with Gasteiger partial charge in [0.05, 0.1) is 13.2 Å². The van der Waals surface area contributed by atoms with Gasteiger partial charge in [0.1, 0.15) is 6.61 Å². The van der Waals surface area contributed by atoms with Crippen molar-refractivity contribution in [1.29, 1.82) is 0 Å². The molecule has 0 fully saturated rings. The molecule has 0 aliphatic heterocycles. The van der Waals surface area contributed by atoms with Crippen LogP contribution in [-0.2, 0) is 18.9 Å². The average Bonchev–Trinajstić information content (AvgIpc) is 2.43. The van der Waals surface area contributed by atoms with Crippen LogP contribution in [0.3, 0.4) is 0 Å². The molecule has 0 aliphatic rings. The van der Waals surface area contributed by atoms with Gasteiger partial charge in [0.25, 0.3) is 0 Å². The molecule has 5 nitrogen and oxygen atoms in total. The van der Waals surface area contributed by atoms with Crippen molar-refractivity contribution < 1.29 is 75.1 Å². The van der Waals surface area contributed by atoms with Crippen molar-refractivity contribution in [3.63, 3.8) is 0 Å². The van der Waals surface area contributed by atoms with Crippen molar-refractivity contribution in [2.45, 2.75) is 71.1 Å². The topological polar surface area (TPSA) is 67.8 Å². The first-order chi connectivity index (χ1) is 9.77. The molecule has 0 amide bonds. The number of unbranched alkanes of at least 4 members (excludes halogenated alkanes) is 9. The summed E-state index contributed by atoms with van der Waals surface area (Å²) >= 11 is 0. The first kappa shape index (κ1) is 24.8. The summed E-state index contributed by atoms with van der Waals surface area (Å²) in [6, 6.07) is 0.